The second-order valence-electron chi connectivity index (χ2n) is 8.23. The zero-order valence-corrected chi connectivity index (χ0v) is 21.2. The quantitative estimate of drug-likeness (QED) is 0.372. The number of methoxy groups -OCH3 is 1. The molecule has 186 valence electrons. The van der Waals surface area contributed by atoms with E-state index in [9.17, 15) is 13.2 Å². The van der Waals surface area contributed by atoms with Gasteiger partial charge in [-0.15, -0.1) is 0 Å². The third kappa shape index (κ3) is 5.26. The van der Waals surface area contributed by atoms with Gasteiger partial charge in [-0.1, -0.05) is 36.4 Å². The van der Waals surface area contributed by atoms with Crippen molar-refractivity contribution in [3.05, 3.63) is 102 Å². The van der Waals surface area contributed by atoms with E-state index in [1.54, 1.807) is 55.6 Å². The van der Waals surface area contributed by atoms with Gasteiger partial charge in [0.2, 0.25) is 5.91 Å². The number of carbonyl (C=O) groups is 1. The predicted octanol–water partition coefficient (Wildman–Crippen LogP) is 4.01. The number of aromatic nitrogens is 2. The molecule has 0 saturated carbocycles. The van der Waals surface area contributed by atoms with Crippen molar-refractivity contribution in [3.8, 4) is 11.4 Å². The highest BCUT2D eigenvalue weighted by Crippen LogP contribution is 2.27. The summed E-state index contributed by atoms with van der Waals surface area (Å²) in [4.78, 5) is 17.4. The van der Waals surface area contributed by atoms with Crippen LogP contribution >= 0.6 is 0 Å². The standard InChI is InChI=1S/C27H28N4O4S/c1-20-17-24(13-14-26(20)35-3)36(33,34)31(23-10-5-4-6-11-23)19-27(32)29-18-22-9-7-8-12-25(22)30-16-15-28-21(30)2/h4-17H,18-19H2,1-3H3,(H,29,32). The first-order chi connectivity index (χ1) is 17.3. The molecule has 0 unspecified atom stereocenters. The van der Waals surface area contributed by atoms with Gasteiger partial charge in [0.15, 0.2) is 0 Å². The molecular weight excluding hydrogens is 476 g/mol. The molecule has 0 aliphatic heterocycles. The molecule has 1 amide bonds. The number of hydrogen-bond acceptors (Lipinski definition) is 5. The van der Waals surface area contributed by atoms with Crippen LogP contribution in [0.25, 0.3) is 5.69 Å². The number of amides is 1. The smallest absolute Gasteiger partial charge is 0.264 e. The summed E-state index contributed by atoms with van der Waals surface area (Å²) in [5.74, 6) is 0.986. The van der Waals surface area contributed by atoms with Crippen LogP contribution < -0.4 is 14.4 Å². The molecule has 1 heterocycles. The Morgan fingerprint density at radius 1 is 1.03 bits per heavy atom. The van der Waals surface area contributed by atoms with Crippen molar-refractivity contribution in [1.82, 2.24) is 14.9 Å². The molecule has 0 bridgehead atoms. The van der Waals surface area contributed by atoms with E-state index < -0.39 is 15.9 Å². The molecule has 3 aromatic carbocycles. The second-order valence-corrected chi connectivity index (χ2v) is 10.1. The van der Waals surface area contributed by atoms with Crippen molar-refractivity contribution in [2.45, 2.75) is 25.3 Å². The van der Waals surface area contributed by atoms with Gasteiger partial charge >= 0.3 is 0 Å². The van der Waals surface area contributed by atoms with E-state index in [1.807, 2.05) is 42.0 Å². The Morgan fingerprint density at radius 2 is 1.75 bits per heavy atom. The van der Waals surface area contributed by atoms with E-state index in [0.29, 0.717) is 17.0 Å². The van der Waals surface area contributed by atoms with E-state index in [1.165, 1.54) is 13.2 Å². The zero-order valence-electron chi connectivity index (χ0n) is 20.4. The molecule has 0 atom stereocenters. The number of nitrogens with one attached hydrogen (secondary N) is 1. The minimum Gasteiger partial charge on any atom is -0.496 e. The van der Waals surface area contributed by atoms with Gasteiger partial charge in [0.05, 0.1) is 23.4 Å². The molecule has 0 radical (unpaired) electrons. The summed E-state index contributed by atoms with van der Waals surface area (Å²) < 4.78 is 35.6. The molecule has 0 aliphatic rings. The van der Waals surface area contributed by atoms with Gasteiger partial charge in [-0.25, -0.2) is 13.4 Å². The topological polar surface area (TPSA) is 93.5 Å². The van der Waals surface area contributed by atoms with Crippen molar-refractivity contribution in [1.29, 1.82) is 0 Å². The summed E-state index contributed by atoms with van der Waals surface area (Å²) >= 11 is 0. The van der Waals surface area contributed by atoms with E-state index in [0.717, 1.165) is 21.4 Å². The highest BCUT2D eigenvalue weighted by molar-refractivity contribution is 7.92. The number of rotatable bonds is 9. The first-order valence-electron chi connectivity index (χ1n) is 11.4. The second kappa shape index (κ2) is 10.7. The SMILES string of the molecule is COc1ccc(S(=O)(=O)N(CC(=O)NCc2ccccc2-n2ccnc2C)c2ccccc2)cc1C. The van der Waals surface area contributed by atoms with Crippen molar-refractivity contribution in [3.63, 3.8) is 0 Å². The summed E-state index contributed by atoms with van der Waals surface area (Å²) in [6.07, 6.45) is 3.57. The third-order valence-corrected chi connectivity index (χ3v) is 7.61. The maximum absolute atomic E-state index is 13.6. The number of carbonyl (C=O) groups excluding carboxylic acids is 1. The highest BCUT2D eigenvalue weighted by Gasteiger charge is 2.27. The lowest BCUT2D eigenvalue weighted by Gasteiger charge is -2.24. The molecule has 1 N–H and O–H groups in total. The number of hydrogen-bond donors (Lipinski definition) is 1. The van der Waals surface area contributed by atoms with Crippen LogP contribution in [0.5, 0.6) is 5.75 Å². The number of nitrogens with zero attached hydrogens (tertiary/aromatic N) is 3. The summed E-state index contributed by atoms with van der Waals surface area (Å²) in [5, 5.41) is 2.88. The Morgan fingerprint density at radius 3 is 2.42 bits per heavy atom. The number of anilines is 1. The lowest BCUT2D eigenvalue weighted by Crippen LogP contribution is -2.40. The van der Waals surface area contributed by atoms with Crippen molar-refractivity contribution in [2.75, 3.05) is 18.0 Å². The van der Waals surface area contributed by atoms with Crippen LogP contribution in [0.3, 0.4) is 0 Å². The van der Waals surface area contributed by atoms with Crippen LogP contribution in [0, 0.1) is 13.8 Å². The number of imidazole rings is 1. The lowest BCUT2D eigenvalue weighted by atomic mass is 10.1. The van der Waals surface area contributed by atoms with Crippen LogP contribution in [0.4, 0.5) is 5.69 Å². The molecule has 4 rings (SSSR count). The normalized spacial score (nSPS) is 11.2. The number of ether oxygens (including phenoxy) is 1. The molecule has 0 saturated heterocycles. The molecule has 1 aromatic heterocycles. The van der Waals surface area contributed by atoms with Gasteiger partial charge < -0.3 is 14.6 Å². The van der Waals surface area contributed by atoms with Crippen LogP contribution in [-0.4, -0.2) is 37.5 Å². The average Bonchev–Trinajstić information content (AvgIpc) is 3.32. The van der Waals surface area contributed by atoms with E-state index >= 15 is 0 Å². The Hall–Kier alpha value is -4.11. The summed E-state index contributed by atoms with van der Waals surface area (Å²) in [5.41, 5.74) is 2.86. The highest BCUT2D eigenvalue weighted by atomic mass is 32.2. The number of benzene rings is 3. The van der Waals surface area contributed by atoms with Crippen LogP contribution in [-0.2, 0) is 21.4 Å². The molecule has 36 heavy (non-hydrogen) atoms. The minimum absolute atomic E-state index is 0.0818. The van der Waals surface area contributed by atoms with Gasteiger partial charge in [0, 0.05) is 18.9 Å². The fourth-order valence-electron chi connectivity index (χ4n) is 3.96. The van der Waals surface area contributed by atoms with Gasteiger partial charge in [0.1, 0.15) is 18.1 Å². The van der Waals surface area contributed by atoms with Crippen molar-refractivity contribution < 1.29 is 17.9 Å². The van der Waals surface area contributed by atoms with Crippen molar-refractivity contribution in [2.24, 2.45) is 0 Å². The lowest BCUT2D eigenvalue weighted by molar-refractivity contribution is -0.119. The molecular formula is C27H28N4O4S. The summed E-state index contributed by atoms with van der Waals surface area (Å²) in [7, 11) is -2.49. The number of para-hydroxylation sites is 2. The molecule has 0 aliphatic carbocycles. The van der Waals surface area contributed by atoms with Gasteiger partial charge in [-0.3, -0.25) is 9.10 Å². The number of sulfonamides is 1. The maximum atomic E-state index is 13.6. The largest absolute Gasteiger partial charge is 0.496 e. The molecule has 8 nitrogen and oxygen atoms in total. The fraction of sp³-hybridized carbons (Fsp3) is 0.185. The van der Waals surface area contributed by atoms with E-state index in [-0.39, 0.29) is 18.0 Å². The fourth-order valence-corrected chi connectivity index (χ4v) is 5.46. The zero-order chi connectivity index (χ0) is 25.7. The Bertz CT molecular complexity index is 1470. The predicted molar refractivity (Wildman–Crippen MR) is 139 cm³/mol. The van der Waals surface area contributed by atoms with E-state index in [2.05, 4.69) is 10.3 Å². The van der Waals surface area contributed by atoms with Crippen LogP contribution in [0.15, 0.2) is 90.1 Å². The molecule has 0 spiro atoms. The maximum Gasteiger partial charge on any atom is 0.264 e. The molecule has 0 fully saturated rings. The third-order valence-electron chi connectivity index (χ3n) is 5.84. The monoisotopic (exact) mass is 504 g/mol. The first-order valence-corrected chi connectivity index (χ1v) is 12.8. The van der Waals surface area contributed by atoms with E-state index in [4.69, 9.17) is 4.74 Å². The Kier molecular flexibility index (Phi) is 7.40. The summed E-state index contributed by atoms with van der Waals surface area (Å²) in [6, 6.07) is 20.9. The average molecular weight is 505 g/mol. The molecule has 9 heteroatoms. The van der Waals surface area contributed by atoms with Crippen LogP contribution in [0.2, 0.25) is 0 Å². The Balaban J connectivity index is 1.58. The Labute approximate surface area is 211 Å². The van der Waals surface area contributed by atoms with Gasteiger partial charge in [0.25, 0.3) is 10.0 Å². The van der Waals surface area contributed by atoms with Gasteiger partial charge in [-0.2, -0.15) is 0 Å². The minimum atomic E-state index is -4.02. The van der Waals surface area contributed by atoms with Crippen LogP contribution in [0.1, 0.15) is 17.0 Å². The molecule has 4 aromatic rings. The van der Waals surface area contributed by atoms with Crippen molar-refractivity contribution >= 4 is 21.6 Å². The summed E-state index contributed by atoms with van der Waals surface area (Å²) in [6.45, 7) is 3.54. The first kappa shape index (κ1) is 25.0. The van der Waals surface area contributed by atoms with Gasteiger partial charge in [-0.05, 0) is 61.4 Å². The number of aryl methyl sites for hydroxylation is 2.